The van der Waals surface area contributed by atoms with E-state index in [1.54, 1.807) is 0 Å². The smallest absolute Gasteiger partial charge is 0.0414 e. The maximum atomic E-state index is 6.24. The molecule has 2 unspecified atom stereocenters. The quantitative estimate of drug-likeness (QED) is 0.880. The molecule has 0 spiro atoms. The maximum absolute atomic E-state index is 6.24. The lowest BCUT2D eigenvalue weighted by molar-refractivity contribution is 0.521. The van der Waals surface area contributed by atoms with Crippen molar-refractivity contribution in [1.82, 2.24) is 0 Å². The summed E-state index contributed by atoms with van der Waals surface area (Å²) in [6, 6.07) is 8.84. The highest BCUT2D eigenvalue weighted by Crippen LogP contribution is 2.29. The zero-order valence-electron chi connectivity index (χ0n) is 11.7. The monoisotopic (exact) mass is 246 g/mol. The third kappa shape index (κ3) is 3.05. The van der Waals surface area contributed by atoms with E-state index in [4.69, 9.17) is 5.73 Å². The molecule has 2 N–H and O–H groups in total. The van der Waals surface area contributed by atoms with Gasteiger partial charge in [0, 0.05) is 24.8 Å². The first-order valence-electron chi connectivity index (χ1n) is 7.31. The first kappa shape index (κ1) is 13.4. The van der Waals surface area contributed by atoms with Gasteiger partial charge in [-0.2, -0.15) is 0 Å². The molecule has 2 nitrogen and oxygen atoms in total. The highest BCUT2D eigenvalue weighted by molar-refractivity contribution is 5.55. The van der Waals surface area contributed by atoms with Crippen LogP contribution in [0, 0.1) is 5.92 Å². The lowest BCUT2D eigenvalue weighted by Crippen LogP contribution is -2.26. The molecule has 0 bridgehead atoms. The van der Waals surface area contributed by atoms with E-state index in [0.717, 1.165) is 12.3 Å². The lowest BCUT2D eigenvalue weighted by Gasteiger charge is -2.27. The molecule has 0 saturated carbocycles. The first-order chi connectivity index (χ1) is 8.72. The molecule has 2 atom stereocenters. The van der Waals surface area contributed by atoms with Crippen molar-refractivity contribution < 1.29 is 0 Å². The zero-order valence-corrected chi connectivity index (χ0v) is 11.7. The summed E-state index contributed by atoms with van der Waals surface area (Å²) < 4.78 is 0. The Hall–Kier alpha value is -1.02. The highest BCUT2D eigenvalue weighted by atomic mass is 15.1. The van der Waals surface area contributed by atoms with Gasteiger partial charge >= 0.3 is 0 Å². The summed E-state index contributed by atoms with van der Waals surface area (Å²) in [6.07, 6.45) is 4.96. The minimum Gasteiger partial charge on any atom is -0.371 e. The summed E-state index contributed by atoms with van der Waals surface area (Å²) >= 11 is 0. The van der Waals surface area contributed by atoms with Crippen molar-refractivity contribution in [2.45, 2.75) is 45.6 Å². The minimum atomic E-state index is 0.168. The molecule has 1 heterocycles. The van der Waals surface area contributed by atoms with Crippen LogP contribution in [0.5, 0.6) is 0 Å². The molecule has 100 valence electrons. The van der Waals surface area contributed by atoms with Gasteiger partial charge in [-0.1, -0.05) is 32.0 Å². The van der Waals surface area contributed by atoms with Crippen molar-refractivity contribution >= 4 is 5.69 Å². The second-order valence-corrected chi connectivity index (χ2v) is 5.60. The molecule has 0 aromatic heterocycles. The molecule has 1 aromatic rings. The number of anilines is 1. The van der Waals surface area contributed by atoms with Gasteiger partial charge < -0.3 is 10.6 Å². The van der Waals surface area contributed by atoms with E-state index in [2.05, 4.69) is 43.0 Å². The van der Waals surface area contributed by atoms with E-state index in [0.29, 0.717) is 0 Å². The van der Waals surface area contributed by atoms with Gasteiger partial charge in [0.25, 0.3) is 0 Å². The number of rotatable bonds is 3. The van der Waals surface area contributed by atoms with Crippen LogP contribution in [-0.4, -0.2) is 13.1 Å². The van der Waals surface area contributed by atoms with E-state index in [1.165, 1.54) is 43.6 Å². The van der Waals surface area contributed by atoms with Crippen molar-refractivity contribution in [2.24, 2.45) is 11.7 Å². The molecule has 18 heavy (non-hydrogen) atoms. The predicted molar refractivity (Wildman–Crippen MR) is 78.9 cm³/mol. The van der Waals surface area contributed by atoms with Crippen molar-refractivity contribution in [3.63, 3.8) is 0 Å². The molecule has 1 fully saturated rings. The number of benzene rings is 1. The number of hydrogen-bond donors (Lipinski definition) is 1. The molecule has 0 amide bonds. The number of nitrogens with zero attached hydrogens (tertiary/aromatic N) is 1. The molecular formula is C16H26N2. The van der Waals surface area contributed by atoms with Crippen LogP contribution in [0.25, 0.3) is 0 Å². The van der Waals surface area contributed by atoms with Crippen LogP contribution in [-0.2, 0) is 0 Å². The third-order valence-corrected chi connectivity index (χ3v) is 4.13. The maximum Gasteiger partial charge on any atom is 0.0414 e. The Bertz CT molecular complexity index is 375. The van der Waals surface area contributed by atoms with Gasteiger partial charge in [-0.05, 0) is 43.2 Å². The fourth-order valence-corrected chi connectivity index (χ4v) is 2.81. The standard InChI is InChI=1S/C16H26N2/c1-3-15(17)14-8-4-5-9-16(14)18-11-6-7-13(2)10-12-18/h4-5,8-9,13,15H,3,6-7,10-12,17H2,1-2H3. The second kappa shape index (κ2) is 6.24. The topological polar surface area (TPSA) is 29.3 Å². The Morgan fingerprint density at radius 1 is 1.28 bits per heavy atom. The molecule has 2 rings (SSSR count). The summed E-state index contributed by atoms with van der Waals surface area (Å²) in [5.41, 5.74) is 8.92. The van der Waals surface area contributed by atoms with Crippen LogP contribution < -0.4 is 10.6 Å². The van der Waals surface area contributed by atoms with E-state index < -0.39 is 0 Å². The molecule has 1 aliphatic rings. The summed E-state index contributed by atoms with van der Waals surface area (Å²) in [5.74, 6) is 0.863. The van der Waals surface area contributed by atoms with Crippen LogP contribution in [0.3, 0.4) is 0 Å². The summed E-state index contributed by atoms with van der Waals surface area (Å²) in [6.45, 7) is 6.88. The van der Waals surface area contributed by atoms with Crippen molar-refractivity contribution in [3.05, 3.63) is 29.8 Å². The van der Waals surface area contributed by atoms with Gasteiger partial charge in [0.15, 0.2) is 0 Å². The number of hydrogen-bond acceptors (Lipinski definition) is 2. The second-order valence-electron chi connectivity index (χ2n) is 5.60. The third-order valence-electron chi connectivity index (χ3n) is 4.13. The molecule has 1 aromatic carbocycles. The fraction of sp³-hybridized carbons (Fsp3) is 0.625. The first-order valence-corrected chi connectivity index (χ1v) is 7.31. The normalized spacial score (nSPS) is 22.6. The van der Waals surface area contributed by atoms with E-state index in [1.807, 2.05) is 0 Å². The van der Waals surface area contributed by atoms with E-state index in [-0.39, 0.29) is 6.04 Å². The largest absolute Gasteiger partial charge is 0.371 e. The predicted octanol–water partition coefficient (Wildman–Crippen LogP) is 3.72. The molecule has 2 heteroatoms. The highest BCUT2D eigenvalue weighted by Gasteiger charge is 2.18. The van der Waals surface area contributed by atoms with Crippen molar-refractivity contribution in [1.29, 1.82) is 0 Å². The Balaban J connectivity index is 2.21. The minimum absolute atomic E-state index is 0.168. The Labute approximate surface area is 111 Å². The van der Waals surface area contributed by atoms with E-state index >= 15 is 0 Å². The van der Waals surface area contributed by atoms with Crippen LogP contribution in [0.1, 0.15) is 51.1 Å². The van der Waals surface area contributed by atoms with Crippen LogP contribution in [0.2, 0.25) is 0 Å². The van der Waals surface area contributed by atoms with E-state index in [9.17, 15) is 0 Å². The molecule has 0 radical (unpaired) electrons. The summed E-state index contributed by atoms with van der Waals surface area (Å²) in [7, 11) is 0. The zero-order chi connectivity index (χ0) is 13.0. The average Bonchev–Trinajstić information content (AvgIpc) is 2.62. The SMILES string of the molecule is CCC(N)c1ccccc1N1CCCC(C)CC1. The van der Waals surface area contributed by atoms with Crippen LogP contribution in [0.4, 0.5) is 5.69 Å². The van der Waals surface area contributed by atoms with Crippen LogP contribution >= 0.6 is 0 Å². The molecule has 1 saturated heterocycles. The molecule has 1 aliphatic heterocycles. The molecular weight excluding hydrogens is 220 g/mol. The lowest BCUT2D eigenvalue weighted by atomic mass is 10.0. The van der Waals surface area contributed by atoms with Gasteiger partial charge in [-0.15, -0.1) is 0 Å². The Kier molecular flexibility index (Phi) is 4.65. The van der Waals surface area contributed by atoms with Crippen molar-refractivity contribution in [3.8, 4) is 0 Å². The van der Waals surface area contributed by atoms with Crippen LogP contribution in [0.15, 0.2) is 24.3 Å². The van der Waals surface area contributed by atoms with Gasteiger partial charge in [0.1, 0.15) is 0 Å². The number of nitrogens with two attached hydrogens (primary N) is 1. The van der Waals surface area contributed by atoms with Gasteiger partial charge in [0.2, 0.25) is 0 Å². The summed E-state index contributed by atoms with van der Waals surface area (Å²) in [5, 5.41) is 0. The Morgan fingerprint density at radius 2 is 2.06 bits per heavy atom. The average molecular weight is 246 g/mol. The fourth-order valence-electron chi connectivity index (χ4n) is 2.81. The van der Waals surface area contributed by atoms with Gasteiger partial charge in [-0.3, -0.25) is 0 Å². The van der Waals surface area contributed by atoms with Crippen molar-refractivity contribution in [2.75, 3.05) is 18.0 Å². The summed E-state index contributed by atoms with van der Waals surface area (Å²) in [4.78, 5) is 2.54. The van der Waals surface area contributed by atoms with Gasteiger partial charge in [-0.25, -0.2) is 0 Å². The van der Waals surface area contributed by atoms with Gasteiger partial charge in [0.05, 0.1) is 0 Å². The Morgan fingerprint density at radius 3 is 2.83 bits per heavy atom. The number of para-hydroxylation sites is 1. The molecule has 0 aliphatic carbocycles.